The number of carbonyl (C=O) groups is 1. The lowest BCUT2D eigenvalue weighted by molar-refractivity contribution is -0.138. The smallest absolute Gasteiger partial charge is 0.325 e. The summed E-state index contributed by atoms with van der Waals surface area (Å²) in [7, 11) is -8.97. The molecule has 0 aliphatic carbocycles. The molecule has 0 atom stereocenters. The van der Waals surface area contributed by atoms with Crippen LogP contribution in [-0.2, 0) is 37.2 Å². The van der Waals surface area contributed by atoms with E-state index in [0.717, 1.165) is 54.6 Å². The molecule has 0 aliphatic heterocycles. The van der Waals surface area contributed by atoms with Crippen molar-refractivity contribution in [3.63, 3.8) is 0 Å². The number of nitrogens with zero attached hydrogens (tertiary/aromatic N) is 1. The molecule has 0 aliphatic rings. The van der Waals surface area contributed by atoms with Gasteiger partial charge in [0.05, 0.1) is 31.6 Å². The van der Waals surface area contributed by atoms with Gasteiger partial charge in [0, 0.05) is 11.4 Å². The lowest BCUT2D eigenvalue weighted by atomic mass is 10.2. The van der Waals surface area contributed by atoms with Gasteiger partial charge in [0.1, 0.15) is 6.54 Å². The van der Waals surface area contributed by atoms with Gasteiger partial charge < -0.3 is 5.32 Å². The van der Waals surface area contributed by atoms with Crippen molar-refractivity contribution in [2.24, 2.45) is 0 Å². The molecule has 0 spiro atoms. The second-order valence-corrected chi connectivity index (χ2v) is 13.7. The zero-order valence-electron chi connectivity index (χ0n) is 23.3. The van der Waals surface area contributed by atoms with E-state index in [1.54, 1.807) is 6.92 Å². The first-order chi connectivity index (χ1) is 21.3. The van der Waals surface area contributed by atoms with Gasteiger partial charge in [-0.1, -0.05) is 35.4 Å². The van der Waals surface area contributed by atoms with Gasteiger partial charge in [0.25, 0.3) is 20.0 Å². The highest BCUT2D eigenvalue weighted by Crippen LogP contribution is 2.38. The molecule has 0 heterocycles. The third kappa shape index (κ3) is 8.10. The SMILES string of the molecule is Cc1ccc(S(=O)(=O)N(CC(=O)Nc2ccc(S(=O)(=O)Nc3cccc(C(F)(F)F)c3)cc2)c2ccc(Cl)c(C(F)(F)F)c2)cc1. The fourth-order valence-electron chi connectivity index (χ4n) is 4.06. The molecule has 4 aromatic carbocycles. The topological polar surface area (TPSA) is 113 Å². The number of benzene rings is 4. The zero-order chi connectivity index (χ0) is 34.1. The lowest BCUT2D eigenvalue weighted by Gasteiger charge is -2.25. The van der Waals surface area contributed by atoms with Gasteiger partial charge in [-0.2, -0.15) is 26.3 Å². The number of hydrogen-bond donors (Lipinski definition) is 2. The van der Waals surface area contributed by atoms with E-state index in [0.29, 0.717) is 22.0 Å². The summed E-state index contributed by atoms with van der Waals surface area (Å²) in [6.07, 6.45) is -9.64. The van der Waals surface area contributed by atoms with Crippen LogP contribution in [0.4, 0.5) is 43.4 Å². The summed E-state index contributed by atoms with van der Waals surface area (Å²) in [5.41, 5.74) is -2.58. The fraction of sp³-hybridized carbons (Fsp3) is 0.138. The Morgan fingerprint density at radius 1 is 0.761 bits per heavy atom. The second-order valence-electron chi connectivity index (χ2n) is 9.74. The van der Waals surface area contributed by atoms with Crippen molar-refractivity contribution in [1.82, 2.24) is 0 Å². The number of sulfonamides is 2. The Kier molecular flexibility index (Phi) is 9.66. The normalized spacial score (nSPS) is 12.4. The molecule has 0 saturated carbocycles. The van der Waals surface area contributed by atoms with Crippen LogP contribution in [0.2, 0.25) is 5.02 Å². The molecule has 0 bridgehead atoms. The van der Waals surface area contributed by atoms with Crippen LogP contribution in [0.15, 0.2) is 101 Å². The first-order valence-electron chi connectivity index (χ1n) is 12.8. The predicted octanol–water partition coefficient (Wildman–Crippen LogP) is 7.32. The molecule has 244 valence electrons. The van der Waals surface area contributed by atoms with Crippen molar-refractivity contribution in [2.75, 3.05) is 20.9 Å². The zero-order valence-corrected chi connectivity index (χ0v) is 25.7. The maximum absolute atomic E-state index is 13.6. The van der Waals surface area contributed by atoms with Crippen molar-refractivity contribution in [3.05, 3.63) is 113 Å². The molecule has 0 radical (unpaired) electrons. The van der Waals surface area contributed by atoms with Crippen molar-refractivity contribution in [1.29, 1.82) is 0 Å². The van der Waals surface area contributed by atoms with Crippen LogP contribution in [0, 0.1) is 6.92 Å². The standard InChI is InChI=1S/C29H22ClF6N3O5S2/c1-18-5-10-24(11-6-18)46(43,44)39(22-9-14-26(30)25(16-22)29(34,35)36)17-27(40)37-20-7-12-23(13-8-20)45(41,42)38-21-4-2-3-19(15-21)28(31,32)33/h2-16,38H,17H2,1H3,(H,37,40). The van der Waals surface area contributed by atoms with Gasteiger partial charge >= 0.3 is 12.4 Å². The van der Waals surface area contributed by atoms with E-state index in [4.69, 9.17) is 11.6 Å². The molecule has 0 aromatic heterocycles. The van der Waals surface area contributed by atoms with Crippen molar-refractivity contribution in [3.8, 4) is 0 Å². The molecule has 8 nitrogen and oxygen atoms in total. The van der Waals surface area contributed by atoms with Crippen LogP contribution >= 0.6 is 11.6 Å². The van der Waals surface area contributed by atoms with Crippen LogP contribution in [0.25, 0.3) is 0 Å². The molecule has 4 aromatic rings. The first-order valence-corrected chi connectivity index (χ1v) is 16.1. The van der Waals surface area contributed by atoms with Gasteiger partial charge in [-0.05, 0) is 79.7 Å². The summed E-state index contributed by atoms with van der Waals surface area (Å²) in [4.78, 5) is 12.3. The average molecular weight is 706 g/mol. The van der Waals surface area contributed by atoms with E-state index in [1.807, 2.05) is 4.72 Å². The number of carbonyl (C=O) groups excluding carboxylic acids is 1. The molecule has 2 N–H and O–H groups in total. The minimum absolute atomic E-state index is 0.0252. The number of alkyl halides is 6. The van der Waals surface area contributed by atoms with Gasteiger partial charge in [0.2, 0.25) is 5.91 Å². The summed E-state index contributed by atoms with van der Waals surface area (Å²) < 4.78 is 135. The summed E-state index contributed by atoms with van der Waals surface area (Å²) in [5, 5.41) is 1.66. The summed E-state index contributed by atoms with van der Waals surface area (Å²) in [5.74, 6) is -1.00. The van der Waals surface area contributed by atoms with Crippen molar-refractivity contribution in [2.45, 2.75) is 29.1 Å². The van der Waals surface area contributed by atoms with E-state index in [1.165, 1.54) is 24.3 Å². The number of aryl methyl sites for hydroxylation is 1. The van der Waals surface area contributed by atoms with E-state index in [2.05, 4.69) is 5.32 Å². The molecule has 46 heavy (non-hydrogen) atoms. The van der Waals surface area contributed by atoms with E-state index < -0.39 is 66.7 Å². The molecule has 0 fully saturated rings. The Labute approximate surface area is 264 Å². The van der Waals surface area contributed by atoms with Gasteiger partial charge in [-0.25, -0.2) is 16.8 Å². The Balaban J connectivity index is 1.58. The Morgan fingerprint density at radius 3 is 1.96 bits per heavy atom. The Bertz CT molecular complexity index is 1970. The quantitative estimate of drug-likeness (QED) is 0.177. The number of amides is 1. The van der Waals surface area contributed by atoms with E-state index in [-0.39, 0.29) is 21.2 Å². The molecule has 4 rings (SSSR count). The van der Waals surface area contributed by atoms with Crippen LogP contribution in [0.3, 0.4) is 0 Å². The third-order valence-corrected chi connectivity index (χ3v) is 9.84. The summed E-state index contributed by atoms with van der Waals surface area (Å²) in [6, 6.07) is 15.6. The Hall–Kier alpha value is -4.28. The number of anilines is 3. The predicted molar refractivity (Wildman–Crippen MR) is 159 cm³/mol. The second kappa shape index (κ2) is 12.8. The van der Waals surface area contributed by atoms with E-state index in [9.17, 15) is 48.0 Å². The Morgan fingerprint density at radius 2 is 1.37 bits per heavy atom. The molecular weight excluding hydrogens is 684 g/mol. The highest BCUT2D eigenvalue weighted by atomic mass is 35.5. The summed E-state index contributed by atoms with van der Waals surface area (Å²) in [6.45, 7) is 0.695. The molecular formula is C29H22ClF6N3O5S2. The number of nitrogens with one attached hydrogen (secondary N) is 2. The minimum atomic E-state index is -4.94. The molecule has 1 amide bonds. The molecule has 0 saturated heterocycles. The first kappa shape index (κ1) is 34.6. The van der Waals surface area contributed by atoms with Crippen LogP contribution < -0.4 is 14.3 Å². The van der Waals surface area contributed by atoms with Crippen LogP contribution in [0.1, 0.15) is 16.7 Å². The van der Waals surface area contributed by atoms with Crippen molar-refractivity contribution < 1.29 is 48.0 Å². The van der Waals surface area contributed by atoms with Gasteiger partial charge in [-0.15, -0.1) is 0 Å². The third-order valence-electron chi connectivity index (χ3n) is 6.33. The highest BCUT2D eigenvalue weighted by Gasteiger charge is 2.36. The van der Waals surface area contributed by atoms with Crippen LogP contribution in [0.5, 0.6) is 0 Å². The maximum Gasteiger partial charge on any atom is 0.417 e. The van der Waals surface area contributed by atoms with Crippen molar-refractivity contribution >= 4 is 54.6 Å². The minimum Gasteiger partial charge on any atom is -0.325 e. The number of rotatable bonds is 9. The number of halogens is 7. The van der Waals surface area contributed by atoms with Gasteiger partial charge in [-0.3, -0.25) is 13.8 Å². The monoisotopic (exact) mass is 705 g/mol. The van der Waals surface area contributed by atoms with Crippen LogP contribution in [-0.4, -0.2) is 29.3 Å². The number of hydrogen-bond acceptors (Lipinski definition) is 5. The molecule has 0 unspecified atom stereocenters. The van der Waals surface area contributed by atoms with E-state index >= 15 is 0 Å². The molecule has 17 heteroatoms. The largest absolute Gasteiger partial charge is 0.417 e. The lowest BCUT2D eigenvalue weighted by Crippen LogP contribution is -2.38. The van der Waals surface area contributed by atoms with Gasteiger partial charge in [0.15, 0.2) is 0 Å². The average Bonchev–Trinajstić information content (AvgIpc) is 2.95. The maximum atomic E-state index is 13.6. The summed E-state index contributed by atoms with van der Waals surface area (Å²) >= 11 is 5.70. The highest BCUT2D eigenvalue weighted by molar-refractivity contribution is 7.93. The fourth-order valence-corrected chi connectivity index (χ4v) is 6.75.